The Kier molecular flexibility index (Phi) is 8.87. The SMILES string of the molecule is CCOc1ccc(Nc2cc(C)nc(NC(=S)NCc3ccc(S(=O)(=O)N4CCOCC4)cc3)n2)cc1. The Morgan fingerprint density at radius 1 is 1.08 bits per heavy atom. The van der Waals surface area contributed by atoms with Crippen molar-refractivity contribution < 1.29 is 17.9 Å². The predicted molar refractivity (Wildman–Crippen MR) is 147 cm³/mol. The second-order valence-electron chi connectivity index (χ2n) is 8.27. The molecule has 0 aliphatic carbocycles. The number of ether oxygens (including phenoxy) is 2. The Labute approximate surface area is 222 Å². The molecule has 0 radical (unpaired) electrons. The lowest BCUT2D eigenvalue weighted by molar-refractivity contribution is 0.0730. The highest BCUT2D eigenvalue weighted by atomic mass is 32.2. The number of nitrogens with zero attached hydrogens (tertiary/aromatic N) is 3. The highest BCUT2D eigenvalue weighted by Crippen LogP contribution is 2.21. The molecule has 2 aromatic carbocycles. The zero-order valence-corrected chi connectivity index (χ0v) is 22.4. The Morgan fingerprint density at radius 2 is 1.78 bits per heavy atom. The summed E-state index contributed by atoms with van der Waals surface area (Å²) >= 11 is 5.41. The van der Waals surface area contributed by atoms with Gasteiger partial charge in [0.1, 0.15) is 11.6 Å². The van der Waals surface area contributed by atoms with Crippen LogP contribution in [0.1, 0.15) is 18.2 Å². The van der Waals surface area contributed by atoms with Gasteiger partial charge in [0.2, 0.25) is 16.0 Å². The number of aryl methyl sites for hydroxylation is 1. The fraction of sp³-hybridized carbons (Fsp3) is 0.320. The third-order valence-corrected chi connectivity index (χ3v) is 7.66. The average molecular weight is 543 g/mol. The van der Waals surface area contributed by atoms with E-state index in [4.69, 9.17) is 21.7 Å². The van der Waals surface area contributed by atoms with Crippen molar-refractivity contribution in [3.05, 3.63) is 65.9 Å². The van der Waals surface area contributed by atoms with Crippen molar-refractivity contribution in [1.29, 1.82) is 0 Å². The first kappa shape index (κ1) is 26.7. The van der Waals surface area contributed by atoms with Crippen LogP contribution in [0, 0.1) is 6.92 Å². The monoisotopic (exact) mass is 542 g/mol. The van der Waals surface area contributed by atoms with Crippen molar-refractivity contribution in [2.24, 2.45) is 0 Å². The third kappa shape index (κ3) is 7.35. The highest BCUT2D eigenvalue weighted by molar-refractivity contribution is 7.89. The van der Waals surface area contributed by atoms with Gasteiger partial charge in [0.15, 0.2) is 5.11 Å². The summed E-state index contributed by atoms with van der Waals surface area (Å²) in [7, 11) is -3.52. The number of nitrogens with one attached hydrogen (secondary N) is 3. The van der Waals surface area contributed by atoms with Crippen molar-refractivity contribution in [2.75, 3.05) is 43.5 Å². The van der Waals surface area contributed by atoms with E-state index in [1.54, 1.807) is 24.3 Å². The molecule has 1 fully saturated rings. The van der Waals surface area contributed by atoms with E-state index >= 15 is 0 Å². The molecule has 10 nitrogen and oxygen atoms in total. The van der Waals surface area contributed by atoms with Gasteiger partial charge in [-0.1, -0.05) is 12.1 Å². The summed E-state index contributed by atoms with van der Waals surface area (Å²) in [6, 6.07) is 16.2. The molecule has 1 saturated heterocycles. The number of aromatic nitrogens is 2. The minimum atomic E-state index is -3.52. The third-order valence-electron chi connectivity index (χ3n) is 5.50. The van der Waals surface area contributed by atoms with Crippen LogP contribution in [-0.4, -0.2) is 60.7 Å². The van der Waals surface area contributed by atoms with Gasteiger partial charge < -0.3 is 25.4 Å². The van der Waals surface area contributed by atoms with Crippen molar-refractivity contribution >= 4 is 44.8 Å². The number of rotatable bonds is 9. The highest BCUT2D eigenvalue weighted by Gasteiger charge is 2.26. The lowest BCUT2D eigenvalue weighted by Gasteiger charge is -2.26. The molecular formula is C25H30N6O4S2. The number of hydrogen-bond acceptors (Lipinski definition) is 8. The summed E-state index contributed by atoms with van der Waals surface area (Å²) in [6.07, 6.45) is 0. The Hall–Kier alpha value is -3.32. The summed E-state index contributed by atoms with van der Waals surface area (Å²) in [5.74, 6) is 1.79. The molecule has 2 heterocycles. The van der Waals surface area contributed by atoms with Crippen LogP contribution in [-0.2, 0) is 21.3 Å². The predicted octanol–water partition coefficient (Wildman–Crippen LogP) is 3.43. The maximum atomic E-state index is 12.8. The van der Waals surface area contributed by atoms with E-state index in [2.05, 4.69) is 25.9 Å². The molecular weight excluding hydrogens is 512 g/mol. The van der Waals surface area contributed by atoms with Gasteiger partial charge in [0, 0.05) is 37.1 Å². The Morgan fingerprint density at radius 3 is 2.46 bits per heavy atom. The van der Waals surface area contributed by atoms with Crippen molar-refractivity contribution in [3.63, 3.8) is 0 Å². The quantitative estimate of drug-likeness (QED) is 0.347. The van der Waals surface area contributed by atoms with E-state index in [1.165, 1.54) is 4.31 Å². The molecule has 0 bridgehead atoms. The smallest absolute Gasteiger partial charge is 0.243 e. The lowest BCUT2D eigenvalue weighted by Crippen LogP contribution is -2.40. The molecule has 1 aliphatic heterocycles. The zero-order valence-electron chi connectivity index (χ0n) is 20.7. The summed E-state index contributed by atoms with van der Waals surface area (Å²) in [6.45, 7) is 6.40. The molecule has 3 aromatic rings. The van der Waals surface area contributed by atoms with Gasteiger partial charge in [-0.3, -0.25) is 0 Å². The topological polar surface area (TPSA) is 118 Å². The van der Waals surface area contributed by atoms with Crippen molar-refractivity contribution in [1.82, 2.24) is 19.6 Å². The van der Waals surface area contributed by atoms with Gasteiger partial charge in [0.05, 0.1) is 24.7 Å². The van der Waals surface area contributed by atoms with E-state index in [-0.39, 0.29) is 4.90 Å². The Bertz CT molecular complexity index is 1310. The molecule has 0 saturated carbocycles. The van der Waals surface area contributed by atoms with E-state index in [0.717, 1.165) is 22.7 Å². The summed E-state index contributed by atoms with van der Waals surface area (Å²) in [4.78, 5) is 9.16. The second kappa shape index (κ2) is 12.3. The van der Waals surface area contributed by atoms with Gasteiger partial charge in [0.25, 0.3) is 0 Å². The number of morpholine rings is 1. The van der Waals surface area contributed by atoms with Gasteiger partial charge in [-0.2, -0.15) is 9.29 Å². The first-order chi connectivity index (χ1) is 17.8. The molecule has 1 aliphatic rings. The van der Waals surface area contributed by atoms with E-state index < -0.39 is 10.0 Å². The molecule has 12 heteroatoms. The molecule has 1 aromatic heterocycles. The van der Waals surface area contributed by atoms with E-state index in [1.807, 2.05) is 44.2 Å². The van der Waals surface area contributed by atoms with Crippen molar-refractivity contribution in [3.8, 4) is 5.75 Å². The van der Waals surface area contributed by atoms with Gasteiger partial charge in [-0.25, -0.2) is 13.4 Å². The number of anilines is 3. The lowest BCUT2D eigenvalue weighted by atomic mass is 10.2. The minimum Gasteiger partial charge on any atom is -0.494 e. The van der Waals surface area contributed by atoms with Gasteiger partial charge in [-0.05, 0) is 68.0 Å². The standard InChI is InChI=1S/C25H30N6O4S2/c1-3-35-21-8-6-20(7-9-21)28-23-16-18(2)27-24(29-23)30-25(36)26-17-19-4-10-22(11-5-19)37(32,33)31-12-14-34-15-13-31/h4-11,16H,3,12-15,17H2,1-2H3,(H3,26,27,28,29,30,36). The summed E-state index contributed by atoms with van der Waals surface area (Å²) < 4.78 is 37.7. The maximum Gasteiger partial charge on any atom is 0.243 e. The molecule has 0 unspecified atom stereocenters. The average Bonchev–Trinajstić information content (AvgIpc) is 2.89. The van der Waals surface area contributed by atoms with Crippen LogP contribution in [0.2, 0.25) is 0 Å². The van der Waals surface area contributed by atoms with E-state index in [0.29, 0.717) is 56.3 Å². The molecule has 0 amide bonds. The normalized spacial score (nSPS) is 14.1. The Balaban J connectivity index is 1.32. The zero-order chi connectivity index (χ0) is 26.3. The van der Waals surface area contributed by atoms with Crippen molar-refractivity contribution in [2.45, 2.75) is 25.3 Å². The van der Waals surface area contributed by atoms with Crippen LogP contribution in [0.3, 0.4) is 0 Å². The number of hydrogen-bond donors (Lipinski definition) is 3. The van der Waals surface area contributed by atoms with Crippen LogP contribution < -0.4 is 20.7 Å². The van der Waals surface area contributed by atoms with Crippen LogP contribution in [0.15, 0.2) is 59.5 Å². The fourth-order valence-corrected chi connectivity index (χ4v) is 5.25. The first-order valence-corrected chi connectivity index (χ1v) is 13.8. The molecule has 0 atom stereocenters. The van der Waals surface area contributed by atoms with Gasteiger partial charge >= 0.3 is 0 Å². The van der Waals surface area contributed by atoms with Crippen LogP contribution >= 0.6 is 12.2 Å². The summed E-state index contributed by atoms with van der Waals surface area (Å²) in [5.41, 5.74) is 2.52. The molecule has 0 spiro atoms. The van der Waals surface area contributed by atoms with Gasteiger partial charge in [-0.15, -0.1) is 0 Å². The van der Waals surface area contributed by atoms with Crippen LogP contribution in [0.4, 0.5) is 17.5 Å². The molecule has 3 N–H and O–H groups in total. The van der Waals surface area contributed by atoms with Crippen LogP contribution in [0.5, 0.6) is 5.75 Å². The number of sulfonamides is 1. The summed E-state index contributed by atoms with van der Waals surface area (Å²) in [5, 5.41) is 9.72. The second-order valence-corrected chi connectivity index (χ2v) is 10.6. The van der Waals surface area contributed by atoms with Crippen LogP contribution in [0.25, 0.3) is 0 Å². The fourth-order valence-electron chi connectivity index (χ4n) is 3.68. The molecule has 196 valence electrons. The number of benzene rings is 2. The van der Waals surface area contributed by atoms with E-state index in [9.17, 15) is 8.42 Å². The maximum absolute atomic E-state index is 12.8. The molecule has 4 rings (SSSR count). The molecule has 37 heavy (non-hydrogen) atoms. The minimum absolute atomic E-state index is 0.263. The first-order valence-electron chi connectivity index (χ1n) is 11.9. The number of thiocarbonyl (C=S) groups is 1. The largest absolute Gasteiger partial charge is 0.494 e.